The van der Waals surface area contributed by atoms with E-state index in [0.717, 1.165) is 23.7 Å². The van der Waals surface area contributed by atoms with Gasteiger partial charge in [0, 0.05) is 17.6 Å². The zero-order valence-corrected chi connectivity index (χ0v) is 12.1. The van der Waals surface area contributed by atoms with Crippen LogP contribution in [0.3, 0.4) is 0 Å². The fourth-order valence-corrected chi connectivity index (χ4v) is 2.62. The Hall–Kier alpha value is -1.48. The van der Waals surface area contributed by atoms with E-state index >= 15 is 0 Å². The lowest BCUT2D eigenvalue weighted by molar-refractivity contribution is -0.122. The van der Waals surface area contributed by atoms with Crippen LogP contribution in [0.5, 0.6) is 0 Å². The molecule has 4 heteroatoms. The molecule has 102 valence electrons. The van der Waals surface area contributed by atoms with Crippen LogP contribution in [0, 0.1) is 0 Å². The van der Waals surface area contributed by atoms with Crippen molar-refractivity contribution in [2.75, 3.05) is 0 Å². The second kappa shape index (κ2) is 6.11. The fourth-order valence-electron chi connectivity index (χ4n) is 2.33. The lowest BCUT2D eigenvalue weighted by atomic mass is 10.2. The molecule has 1 heterocycles. The number of fused-ring (bicyclic) bond motifs is 1. The van der Waals surface area contributed by atoms with Crippen LogP contribution in [-0.2, 0) is 11.3 Å². The molecule has 1 aromatic carbocycles. The number of carbonyl (C=O) groups excluding carboxylic acids is 1. The van der Waals surface area contributed by atoms with Crippen LogP contribution in [0.1, 0.15) is 26.7 Å². The van der Waals surface area contributed by atoms with Crippen LogP contribution in [0.25, 0.3) is 10.9 Å². The smallest absolute Gasteiger partial charge is 0.240 e. The minimum absolute atomic E-state index is 0.0263. The number of aromatic nitrogens is 1. The van der Waals surface area contributed by atoms with Gasteiger partial charge in [0.05, 0.1) is 10.5 Å². The van der Waals surface area contributed by atoms with Gasteiger partial charge in [-0.05, 0) is 25.5 Å². The summed E-state index contributed by atoms with van der Waals surface area (Å²) in [6, 6.07) is 7.95. The monoisotopic (exact) mass is 278 g/mol. The molecule has 0 saturated heterocycles. The highest BCUT2D eigenvalue weighted by molar-refractivity contribution is 6.35. The topological polar surface area (TPSA) is 34.0 Å². The first kappa shape index (κ1) is 13.9. The number of nitrogens with zero attached hydrogens (tertiary/aromatic N) is 1. The number of para-hydroxylation sites is 1. The van der Waals surface area contributed by atoms with E-state index in [9.17, 15) is 4.79 Å². The van der Waals surface area contributed by atoms with Crippen molar-refractivity contribution in [2.24, 2.45) is 0 Å². The Balaban J connectivity index is 2.11. The van der Waals surface area contributed by atoms with Gasteiger partial charge in [0.25, 0.3) is 0 Å². The number of halogens is 1. The van der Waals surface area contributed by atoms with Gasteiger partial charge in [0.1, 0.15) is 6.54 Å². The summed E-state index contributed by atoms with van der Waals surface area (Å²) >= 11 is 6.19. The average molecular weight is 279 g/mol. The highest BCUT2D eigenvalue weighted by atomic mass is 35.5. The molecule has 0 spiro atoms. The van der Waals surface area contributed by atoms with E-state index in [1.807, 2.05) is 42.0 Å². The fraction of sp³-hybridized carbons (Fsp3) is 0.400. The molecule has 0 aliphatic carbocycles. The van der Waals surface area contributed by atoms with E-state index in [1.165, 1.54) is 0 Å². The first-order valence-corrected chi connectivity index (χ1v) is 7.02. The molecule has 0 bridgehead atoms. The largest absolute Gasteiger partial charge is 0.352 e. The van der Waals surface area contributed by atoms with Crippen LogP contribution < -0.4 is 5.32 Å². The third-order valence-electron chi connectivity index (χ3n) is 3.18. The summed E-state index contributed by atoms with van der Waals surface area (Å²) in [6.07, 6.45) is 3.97. The number of nitrogens with one attached hydrogen (secondary N) is 1. The van der Waals surface area contributed by atoms with Crippen LogP contribution in [0.2, 0.25) is 5.02 Å². The SMILES string of the molecule is CCCC(C)NC(=O)Cn1ccc2cccc(Cl)c21. The van der Waals surface area contributed by atoms with Crippen LogP contribution in [-0.4, -0.2) is 16.5 Å². The van der Waals surface area contributed by atoms with Crippen LogP contribution in [0.15, 0.2) is 30.5 Å². The van der Waals surface area contributed by atoms with E-state index in [4.69, 9.17) is 11.6 Å². The molecular weight excluding hydrogens is 260 g/mol. The maximum atomic E-state index is 12.0. The van der Waals surface area contributed by atoms with E-state index in [1.54, 1.807) is 0 Å². The zero-order chi connectivity index (χ0) is 13.8. The Morgan fingerprint density at radius 2 is 2.21 bits per heavy atom. The number of benzene rings is 1. The van der Waals surface area contributed by atoms with E-state index in [2.05, 4.69) is 12.2 Å². The number of hydrogen-bond donors (Lipinski definition) is 1. The molecule has 0 saturated carbocycles. The third kappa shape index (κ3) is 3.29. The summed E-state index contributed by atoms with van der Waals surface area (Å²) in [7, 11) is 0. The zero-order valence-electron chi connectivity index (χ0n) is 11.3. The molecule has 2 aromatic rings. The molecule has 1 N–H and O–H groups in total. The van der Waals surface area contributed by atoms with Crippen molar-refractivity contribution < 1.29 is 4.79 Å². The van der Waals surface area contributed by atoms with Crippen molar-refractivity contribution in [1.82, 2.24) is 9.88 Å². The average Bonchev–Trinajstić information content (AvgIpc) is 2.74. The second-order valence-electron chi connectivity index (χ2n) is 4.88. The molecule has 3 nitrogen and oxygen atoms in total. The molecule has 0 aliphatic heterocycles. The van der Waals surface area contributed by atoms with Crippen molar-refractivity contribution in [2.45, 2.75) is 39.3 Å². The molecule has 1 aromatic heterocycles. The third-order valence-corrected chi connectivity index (χ3v) is 3.49. The maximum absolute atomic E-state index is 12.0. The summed E-state index contributed by atoms with van der Waals surface area (Å²) in [5, 5.41) is 4.74. The van der Waals surface area contributed by atoms with Crippen molar-refractivity contribution in [3.8, 4) is 0 Å². The van der Waals surface area contributed by atoms with Crippen LogP contribution in [0.4, 0.5) is 0 Å². The molecule has 0 fully saturated rings. The molecule has 1 unspecified atom stereocenters. The standard InChI is InChI=1S/C15H19ClN2O/c1-3-5-11(2)17-14(19)10-18-9-8-12-6-4-7-13(16)15(12)18/h4,6-9,11H,3,5,10H2,1-2H3,(H,17,19). The van der Waals surface area contributed by atoms with Gasteiger partial charge in [-0.25, -0.2) is 0 Å². The highest BCUT2D eigenvalue weighted by Crippen LogP contribution is 2.24. The van der Waals surface area contributed by atoms with Gasteiger partial charge in [-0.1, -0.05) is 37.1 Å². The van der Waals surface area contributed by atoms with E-state index < -0.39 is 0 Å². The number of carbonyl (C=O) groups is 1. The van der Waals surface area contributed by atoms with Gasteiger partial charge >= 0.3 is 0 Å². The Labute approximate surface area is 118 Å². The predicted molar refractivity (Wildman–Crippen MR) is 79.5 cm³/mol. The minimum atomic E-state index is 0.0263. The lowest BCUT2D eigenvalue weighted by Crippen LogP contribution is -2.34. The summed E-state index contributed by atoms with van der Waals surface area (Å²) in [6.45, 7) is 4.45. The maximum Gasteiger partial charge on any atom is 0.240 e. The quantitative estimate of drug-likeness (QED) is 0.891. The van der Waals surface area contributed by atoms with E-state index in [0.29, 0.717) is 11.6 Å². The second-order valence-corrected chi connectivity index (χ2v) is 5.29. The minimum Gasteiger partial charge on any atom is -0.352 e. The molecule has 0 aliphatic rings. The van der Waals surface area contributed by atoms with Crippen molar-refractivity contribution in [1.29, 1.82) is 0 Å². The van der Waals surface area contributed by atoms with Gasteiger partial charge in [0.15, 0.2) is 0 Å². The first-order valence-electron chi connectivity index (χ1n) is 6.64. The number of rotatable bonds is 5. The van der Waals surface area contributed by atoms with Gasteiger partial charge in [-0.3, -0.25) is 4.79 Å². The van der Waals surface area contributed by atoms with Crippen molar-refractivity contribution in [3.05, 3.63) is 35.5 Å². The molecular formula is C15H19ClN2O. The summed E-state index contributed by atoms with van der Waals surface area (Å²) in [4.78, 5) is 12.0. The Bertz CT molecular complexity index is 577. The predicted octanol–water partition coefficient (Wildman–Crippen LogP) is 3.60. The molecule has 1 amide bonds. The molecule has 0 radical (unpaired) electrons. The molecule has 2 rings (SSSR count). The highest BCUT2D eigenvalue weighted by Gasteiger charge is 2.10. The summed E-state index contributed by atoms with van der Waals surface area (Å²) in [5.74, 6) is 0.0263. The Morgan fingerprint density at radius 1 is 1.42 bits per heavy atom. The van der Waals surface area contributed by atoms with Gasteiger partial charge in [-0.2, -0.15) is 0 Å². The van der Waals surface area contributed by atoms with Crippen LogP contribution >= 0.6 is 11.6 Å². The summed E-state index contributed by atoms with van der Waals surface area (Å²) < 4.78 is 1.89. The van der Waals surface area contributed by atoms with Gasteiger partial charge in [-0.15, -0.1) is 0 Å². The van der Waals surface area contributed by atoms with Gasteiger partial charge in [0.2, 0.25) is 5.91 Å². The van der Waals surface area contributed by atoms with Crippen molar-refractivity contribution in [3.63, 3.8) is 0 Å². The first-order chi connectivity index (χ1) is 9.11. The van der Waals surface area contributed by atoms with Crippen molar-refractivity contribution >= 4 is 28.4 Å². The number of hydrogen-bond acceptors (Lipinski definition) is 1. The Morgan fingerprint density at radius 3 is 2.95 bits per heavy atom. The van der Waals surface area contributed by atoms with Gasteiger partial charge < -0.3 is 9.88 Å². The summed E-state index contributed by atoms with van der Waals surface area (Å²) in [5.41, 5.74) is 0.919. The molecule has 1 atom stereocenters. The van der Waals surface area contributed by atoms with E-state index in [-0.39, 0.29) is 11.9 Å². The molecule has 19 heavy (non-hydrogen) atoms. The normalized spacial score (nSPS) is 12.6. The Kier molecular flexibility index (Phi) is 4.48. The number of amides is 1. The lowest BCUT2D eigenvalue weighted by Gasteiger charge is -2.13.